The number of nitrogens with zero attached hydrogens (tertiary/aromatic N) is 3. The molecule has 3 aromatic rings. The summed E-state index contributed by atoms with van der Waals surface area (Å²) in [6.45, 7) is 2.36. The van der Waals surface area contributed by atoms with Crippen LogP contribution in [0.3, 0.4) is 0 Å². The van der Waals surface area contributed by atoms with Crippen molar-refractivity contribution in [2.75, 3.05) is 11.5 Å². The molecule has 0 aliphatic carbocycles. The normalized spacial score (nSPS) is 12.7. The van der Waals surface area contributed by atoms with E-state index in [1.54, 1.807) is 0 Å². The van der Waals surface area contributed by atoms with Crippen LogP contribution < -0.4 is 11.1 Å². The number of amides is 2. The van der Waals surface area contributed by atoms with Gasteiger partial charge in [-0.25, -0.2) is 4.98 Å². The number of nitrogen functional groups attached to an aromatic ring is 1. The SMILES string of the molecule is CC(=O)NC(=O)CCCSc1nc(N)nc(-c2c(Cl)cc3c4c(cccc24)COC3)n1. The highest BCUT2D eigenvalue weighted by Crippen LogP contribution is 2.39. The Balaban J connectivity index is 1.60. The average molecular weight is 458 g/mol. The van der Waals surface area contributed by atoms with Gasteiger partial charge in [0, 0.05) is 24.7 Å². The minimum Gasteiger partial charge on any atom is -0.372 e. The molecule has 0 bridgehead atoms. The van der Waals surface area contributed by atoms with Gasteiger partial charge in [-0.2, -0.15) is 9.97 Å². The van der Waals surface area contributed by atoms with Crippen molar-refractivity contribution in [3.05, 3.63) is 40.4 Å². The van der Waals surface area contributed by atoms with E-state index in [2.05, 4.69) is 20.3 Å². The molecule has 0 fully saturated rings. The smallest absolute Gasteiger partial charge is 0.226 e. The van der Waals surface area contributed by atoms with Crippen LogP contribution in [0, 0.1) is 0 Å². The summed E-state index contributed by atoms with van der Waals surface area (Å²) in [7, 11) is 0. The van der Waals surface area contributed by atoms with Crippen LogP contribution in [0.25, 0.3) is 22.2 Å². The molecule has 2 amide bonds. The third-order valence-electron chi connectivity index (χ3n) is 4.75. The van der Waals surface area contributed by atoms with Crippen LogP contribution in [0.5, 0.6) is 0 Å². The number of carbonyl (C=O) groups excluding carboxylic acids is 2. The van der Waals surface area contributed by atoms with Gasteiger partial charge in [-0.05, 0) is 34.4 Å². The van der Waals surface area contributed by atoms with Gasteiger partial charge in [0.05, 0.1) is 18.2 Å². The third kappa shape index (κ3) is 4.79. The molecule has 10 heteroatoms. The average Bonchev–Trinajstić information content (AvgIpc) is 2.70. The van der Waals surface area contributed by atoms with Gasteiger partial charge < -0.3 is 10.5 Å². The number of halogens is 1. The summed E-state index contributed by atoms with van der Waals surface area (Å²) in [5.74, 6) is 0.426. The number of aromatic nitrogens is 3. The number of nitrogens with two attached hydrogens (primary N) is 1. The Morgan fingerprint density at radius 1 is 1.23 bits per heavy atom. The first kappa shape index (κ1) is 21.5. The lowest BCUT2D eigenvalue weighted by atomic mass is 9.94. The van der Waals surface area contributed by atoms with Gasteiger partial charge in [0.2, 0.25) is 17.8 Å². The first-order valence-corrected chi connectivity index (χ1v) is 11.0. The summed E-state index contributed by atoms with van der Waals surface area (Å²) in [6, 6.07) is 7.88. The lowest BCUT2D eigenvalue weighted by molar-refractivity contribution is -0.129. The van der Waals surface area contributed by atoms with E-state index in [9.17, 15) is 9.59 Å². The van der Waals surface area contributed by atoms with Gasteiger partial charge in [0.1, 0.15) is 0 Å². The lowest BCUT2D eigenvalue weighted by Crippen LogP contribution is -2.27. The number of carbonyl (C=O) groups is 2. The van der Waals surface area contributed by atoms with E-state index >= 15 is 0 Å². The number of rotatable bonds is 6. The minimum absolute atomic E-state index is 0.0988. The lowest BCUT2D eigenvalue weighted by Gasteiger charge is -2.20. The van der Waals surface area contributed by atoms with Crippen molar-refractivity contribution in [1.82, 2.24) is 20.3 Å². The maximum atomic E-state index is 11.6. The zero-order valence-corrected chi connectivity index (χ0v) is 18.3. The van der Waals surface area contributed by atoms with E-state index in [0.717, 1.165) is 21.9 Å². The molecule has 8 nitrogen and oxygen atoms in total. The first-order chi connectivity index (χ1) is 14.9. The van der Waals surface area contributed by atoms with Crippen molar-refractivity contribution in [3.8, 4) is 11.4 Å². The van der Waals surface area contributed by atoms with Crippen molar-refractivity contribution in [3.63, 3.8) is 0 Å². The fraction of sp³-hybridized carbons (Fsp3) is 0.286. The van der Waals surface area contributed by atoms with Crippen LogP contribution in [-0.4, -0.2) is 32.5 Å². The molecule has 3 N–H and O–H groups in total. The molecule has 1 aliphatic heterocycles. The molecule has 0 saturated heterocycles. The Morgan fingerprint density at radius 3 is 2.84 bits per heavy atom. The number of ether oxygens (including phenoxy) is 1. The van der Waals surface area contributed by atoms with Crippen LogP contribution >= 0.6 is 23.4 Å². The highest BCUT2D eigenvalue weighted by atomic mass is 35.5. The standard InChI is InChI=1S/C21H20ClN5O3S/c1-11(28)24-16(29)6-3-7-31-21-26-19(25-20(23)27-21)18-14-5-2-4-12-9-30-10-13(17(12)14)8-15(18)22/h2,4-5,8H,3,6-7,9-10H2,1H3,(H,24,28,29)(H2,23,25,26,27). The number of imide groups is 1. The van der Waals surface area contributed by atoms with E-state index in [1.807, 2.05) is 24.3 Å². The first-order valence-electron chi connectivity index (χ1n) is 9.68. The third-order valence-corrected chi connectivity index (χ3v) is 5.98. The number of thioether (sulfide) groups is 1. The van der Waals surface area contributed by atoms with Crippen LogP contribution in [0.15, 0.2) is 29.4 Å². The van der Waals surface area contributed by atoms with Gasteiger partial charge in [0.15, 0.2) is 11.0 Å². The number of hydrogen-bond acceptors (Lipinski definition) is 8. The van der Waals surface area contributed by atoms with Gasteiger partial charge in [-0.3, -0.25) is 14.9 Å². The summed E-state index contributed by atoms with van der Waals surface area (Å²) in [5, 5.41) is 5.28. The molecule has 0 spiro atoms. The van der Waals surface area contributed by atoms with Crippen LogP contribution in [0.4, 0.5) is 5.95 Å². The van der Waals surface area contributed by atoms with Gasteiger partial charge in [0.25, 0.3) is 0 Å². The van der Waals surface area contributed by atoms with E-state index in [-0.39, 0.29) is 24.2 Å². The second-order valence-corrected chi connectivity index (χ2v) is 8.55. The quantitative estimate of drug-likeness (QED) is 0.426. The van der Waals surface area contributed by atoms with Crippen LogP contribution in [0.2, 0.25) is 5.02 Å². The Hall–Kier alpha value is -2.75. The number of nitrogens with one attached hydrogen (secondary N) is 1. The van der Waals surface area contributed by atoms with Crippen LogP contribution in [0.1, 0.15) is 30.9 Å². The Morgan fingerprint density at radius 2 is 2.03 bits per heavy atom. The highest BCUT2D eigenvalue weighted by molar-refractivity contribution is 7.99. The largest absolute Gasteiger partial charge is 0.372 e. The predicted molar refractivity (Wildman–Crippen MR) is 119 cm³/mol. The van der Waals surface area contributed by atoms with Gasteiger partial charge >= 0.3 is 0 Å². The minimum atomic E-state index is -0.364. The number of anilines is 1. The number of benzene rings is 2. The maximum absolute atomic E-state index is 11.6. The molecule has 2 aromatic carbocycles. The summed E-state index contributed by atoms with van der Waals surface area (Å²) < 4.78 is 5.65. The molecule has 0 radical (unpaired) electrons. The second-order valence-electron chi connectivity index (χ2n) is 7.08. The summed E-state index contributed by atoms with van der Waals surface area (Å²) >= 11 is 8.00. The van der Waals surface area contributed by atoms with Crippen molar-refractivity contribution in [2.45, 2.75) is 38.1 Å². The molecular formula is C21H20ClN5O3S. The molecule has 0 saturated carbocycles. The monoisotopic (exact) mass is 457 g/mol. The van der Waals surface area contributed by atoms with E-state index < -0.39 is 0 Å². The van der Waals surface area contributed by atoms with Crippen molar-refractivity contribution < 1.29 is 14.3 Å². The molecule has 31 heavy (non-hydrogen) atoms. The van der Waals surface area contributed by atoms with Crippen molar-refractivity contribution in [2.24, 2.45) is 0 Å². The van der Waals surface area contributed by atoms with Crippen LogP contribution in [-0.2, 0) is 27.5 Å². The highest BCUT2D eigenvalue weighted by Gasteiger charge is 2.21. The van der Waals surface area contributed by atoms with E-state index in [4.69, 9.17) is 22.1 Å². The zero-order valence-electron chi connectivity index (χ0n) is 16.8. The molecule has 1 aliphatic rings. The predicted octanol–water partition coefficient (Wildman–Crippen LogP) is 3.49. The number of hydrogen-bond donors (Lipinski definition) is 2. The molecule has 0 atom stereocenters. The second kappa shape index (κ2) is 9.17. The molecular weight excluding hydrogens is 438 g/mol. The maximum Gasteiger partial charge on any atom is 0.226 e. The van der Waals surface area contributed by atoms with E-state index in [1.165, 1.54) is 18.7 Å². The fourth-order valence-electron chi connectivity index (χ4n) is 3.55. The molecule has 0 unspecified atom stereocenters. The molecule has 1 aromatic heterocycles. The van der Waals surface area contributed by atoms with Gasteiger partial charge in [-0.15, -0.1) is 0 Å². The van der Waals surface area contributed by atoms with E-state index in [0.29, 0.717) is 47.0 Å². The zero-order chi connectivity index (χ0) is 22.0. The molecule has 4 rings (SSSR count). The van der Waals surface area contributed by atoms with Crippen molar-refractivity contribution >= 4 is 51.9 Å². The summed E-state index contributed by atoms with van der Waals surface area (Å²) in [5.41, 5.74) is 8.79. The Bertz CT molecular complexity index is 1190. The fourth-order valence-corrected chi connectivity index (χ4v) is 4.65. The van der Waals surface area contributed by atoms with Gasteiger partial charge in [-0.1, -0.05) is 41.6 Å². The Labute approximate surface area is 187 Å². The topological polar surface area (TPSA) is 120 Å². The summed E-state index contributed by atoms with van der Waals surface area (Å²) in [6.07, 6.45) is 0.801. The molecule has 2 heterocycles. The summed E-state index contributed by atoms with van der Waals surface area (Å²) in [4.78, 5) is 35.6. The van der Waals surface area contributed by atoms with Crippen molar-refractivity contribution in [1.29, 1.82) is 0 Å². The molecule has 160 valence electrons. The Kier molecular flexibility index (Phi) is 6.35.